The van der Waals surface area contributed by atoms with Crippen LogP contribution in [0, 0.1) is 17.8 Å². The van der Waals surface area contributed by atoms with Gasteiger partial charge in [-0.25, -0.2) is 78.9 Å². The first kappa shape index (κ1) is 73.7. The first-order valence-electron chi connectivity index (χ1n) is 35.3. The molecule has 3 aliphatic carbocycles. The number of carbonyl (C=O) groups is 5. The number of halogens is 7. The third-order valence-electron chi connectivity index (χ3n) is 18.0. The topological polar surface area (TPSA) is 423 Å². The Morgan fingerprint density at radius 1 is 0.574 bits per heavy atom. The molecule has 13 aromatic rings. The zero-order valence-electron chi connectivity index (χ0n) is 59.9. The van der Waals surface area contributed by atoms with Gasteiger partial charge in [-0.15, -0.1) is 5.10 Å². The number of anilines is 3. The third kappa shape index (κ3) is 17.9. The highest BCUT2D eigenvalue weighted by molar-refractivity contribution is 6.09. The summed E-state index contributed by atoms with van der Waals surface area (Å²) >= 11 is 0. The maximum Gasteiger partial charge on any atom is 0.371 e. The Morgan fingerprint density at radius 2 is 0.944 bits per heavy atom. The number of aromatic carboxylic acids is 1. The van der Waals surface area contributed by atoms with E-state index in [1.807, 2.05) is 0 Å². The molecule has 16 rings (SSSR count). The van der Waals surface area contributed by atoms with E-state index >= 15 is 0 Å². The fourth-order valence-corrected chi connectivity index (χ4v) is 12.4. The highest BCUT2D eigenvalue weighted by Gasteiger charge is 2.31. The number of rotatable bonds is 16. The van der Waals surface area contributed by atoms with Crippen molar-refractivity contribution in [2.75, 3.05) is 36.7 Å². The molecule has 0 spiro atoms. The molecule has 108 heavy (non-hydrogen) atoms. The highest BCUT2D eigenvalue weighted by Crippen LogP contribution is 2.38. The second kappa shape index (κ2) is 35.5. The minimum atomic E-state index is -2.83. The third-order valence-corrected chi connectivity index (χ3v) is 18.0. The highest BCUT2D eigenvalue weighted by atomic mass is 19.3. The molecule has 0 bridgehead atoms. The summed E-state index contributed by atoms with van der Waals surface area (Å²) in [5, 5.41) is 67.4. The summed E-state index contributed by atoms with van der Waals surface area (Å²) in [6.45, 7) is 0.347. The predicted octanol–water partition coefficient (Wildman–Crippen LogP) is 9.41. The van der Waals surface area contributed by atoms with Crippen molar-refractivity contribution in [3.05, 3.63) is 175 Å². The second-order valence-corrected chi connectivity index (χ2v) is 24.8. The van der Waals surface area contributed by atoms with E-state index in [0.29, 0.717) is 65.4 Å². The van der Waals surface area contributed by atoms with E-state index < -0.39 is 61.6 Å². The lowest BCUT2D eigenvalue weighted by Gasteiger charge is -2.27. The van der Waals surface area contributed by atoms with Crippen molar-refractivity contribution < 1.29 is 79.2 Å². The fraction of sp³-hybridized carbons (Fsp3) is 0.358. The molecule has 0 unspecified atom stereocenters. The lowest BCUT2D eigenvalue weighted by atomic mass is 9.87. The quantitative estimate of drug-likeness (QED) is 0.0298. The second-order valence-electron chi connectivity index (χ2n) is 24.8. The van der Waals surface area contributed by atoms with Crippen LogP contribution in [0.5, 0.6) is 0 Å². The van der Waals surface area contributed by atoms with E-state index in [2.05, 4.69) is 81.6 Å². The van der Waals surface area contributed by atoms with Gasteiger partial charge in [0, 0.05) is 96.5 Å². The molecule has 568 valence electrons. The zero-order chi connectivity index (χ0) is 79.3. The zero-order valence-corrected chi connectivity index (χ0v) is 56.9. The minimum Gasteiger partial charge on any atom is -0.477 e. The molecular weight excluding hydrogens is 1430 g/mol. The van der Waals surface area contributed by atoms with Crippen LogP contribution in [-0.2, 0) is 4.79 Å². The van der Waals surface area contributed by atoms with Gasteiger partial charge in [0.2, 0.25) is 5.65 Å². The summed E-state index contributed by atoms with van der Waals surface area (Å²) in [6, 6.07) is 10.2. The van der Waals surface area contributed by atoms with Gasteiger partial charge >= 0.3 is 11.9 Å². The van der Waals surface area contributed by atoms with E-state index in [4.69, 9.17) is 25.1 Å². The van der Waals surface area contributed by atoms with Gasteiger partial charge in [-0.05, 0) is 135 Å². The van der Waals surface area contributed by atoms with Gasteiger partial charge in [-0.1, -0.05) is 0 Å². The SMILES string of the molecule is Nc1cn(C2CCC(CO)CC2)nc1C(F)F.O=C(Nc1cn(C2CCC(CO)CC2)nc1C(F)F)c1cnn2cccnc12.O=C(O)c1cnn2cccnc12.O=C(On1nnc2cccnc21)c1cnn2cccnc12.O=CC1CCC(n2cc(NC(=O)c3cnn4cccnc34)c(C(F)F)n2)CC1.[2H]CF.[2H][3H]. The van der Waals surface area contributed by atoms with Crippen molar-refractivity contribution >= 4 is 80.9 Å². The molecule has 3 saturated carbocycles. The summed E-state index contributed by atoms with van der Waals surface area (Å²) in [6.07, 6.45) is 26.2. The average molecular weight is 1510 g/mol. The Balaban J connectivity index is 0.000000149. The molecule has 0 saturated heterocycles. The first-order chi connectivity index (χ1) is 53.8. The summed E-state index contributed by atoms with van der Waals surface area (Å²) in [4.78, 5) is 85.3. The predicted molar refractivity (Wildman–Crippen MR) is 369 cm³/mol. The molecule has 7 N–H and O–H groups in total. The number of amides is 2. The van der Waals surface area contributed by atoms with Crippen LogP contribution in [0.4, 0.5) is 47.8 Å². The van der Waals surface area contributed by atoms with Gasteiger partial charge in [0.1, 0.15) is 34.1 Å². The van der Waals surface area contributed by atoms with Crippen LogP contribution < -0.4 is 21.2 Å². The standard InChI is InChI=1S/C18H20F2N6O2.C18H18F2N6O2.C12H7N7O2.C11H17F2N3O.C7H5N3O2.CH3F.H2/c2*19-16(20)15-14(9-26(24-15)12-4-2-11(10-27)3-5-12)23-18(28)13-8-22-25-7-1-6-21-17(13)25;20-12(8-7-15-18-6-2-5-13-10(8)18)21-19-11-9(16-17-19)3-1-4-14-11;12-11(13)10-9(14)5-16(15-10)8-3-1-7(6-17)2-4-8;11-7(12)5-4-9-10-3-1-2-8-6(5)10;1-2;/h1,6-9,11-12,16,27H,2-5,10H2,(H,23,28);1,6-12,16H,2-5H2,(H,23,28);1-7H;5,7-8,11,17H,1-4,6,14H2;1-4H,(H,11,12);1H3;1H/i;;;;;1D;1+2D. The Kier molecular flexibility index (Phi) is 24.2. The smallest absolute Gasteiger partial charge is 0.371 e. The van der Waals surface area contributed by atoms with Gasteiger partial charge in [0.25, 0.3) is 31.1 Å². The van der Waals surface area contributed by atoms with Gasteiger partial charge in [-0.2, -0.15) is 35.7 Å². The van der Waals surface area contributed by atoms with Crippen molar-refractivity contribution in [1.82, 2.24) is 108 Å². The lowest BCUT2D eigenvalue weighted by molar-refractivity contribution is -0.112. The van der Waals surface area contributed by atoms with Crippen molar-refractivity contribution in [2.45, 2.75) is 114 Å². The normalized spacial score (nSPS) is 17.9. The van der Waals surface area contributed by atoms with Crippen molar-refractivity contribution in [1.29, 1.82) is 0 Å². The summed E-state index contributed by atoms with van der Waals surface area (Å²) in [5.74, 6) is -2.19. The largest absolute Gasteiger partial charge is 0.477 e. The monoisotopic (exact) mass is 1510 g/mol. The first-order valence-corrected chi connectivity index (χ1v) is 33.6. The Hall–Kier alpha value is -12.6. The molecule has 41 heteroatoms. The number of hydrogen-bond donors (Lipinski definition) is 6. The van der Waals surface area contributed by atoms with Gasteiger partial charge in [0.05, 0.1) is 68.5 Å². The number of pyridine rings is 1. The van der Waals surface area contributed by atoms with Crippen LogP contribution in [0.2, 0.25) is 0 Å². The number of nitrogens with zero attached hydrogens (tertiary/aromatic N) is 22. The number of aliphatic hydroxyl groups is 2. The van der Waals surface area contributed by atoms with Crippen molar-refractivity contribution in [3.63, 3.8) is 0 Å². The number of hydrogen-bond acceptors (Lipinski definition) is 23. The molecule has 0 aliphatic heterocycles. The summed E-state index contributed by atoms with van der Waals surface area (Å²) < 4.78 is 115. The molecule has 0 atom stereocenters. The van der Waals surface area contributed by atoms with Crippen LogP contribution in [0.25, 0.3) is 33.8 Å². The molecule has 3 aliphatic rings. The van der Waals surface area contributed by atoms with Crippen molar-refractivity contribution in [2.24, 2.45) is 17.8 Å². The van der Waals surface area contributed by atoms with Crippen LogP contribution in [0.3, 0.4) is 0 Å². The molecular formula is C67H72F7N25O9. The fourth-order valence-electron chi connectivity index (χ4n) is 12.4. The van der Waals surface area contributed by atoms with Crippen LogP contribution in [-0.4, -0.2) is 174 Å². The number of nitrogens with one attached hydrogen (secondary N) is 2. The van der Waals surface area contributed by atoms with E-state index in [1.54, 1.807) is 78.3 Å². The van der Waals surface area contributed by atoms with Crippen LogP contribution >= 0.6 is 0 Å². The number of aliphatic hydroxyl groups excluding tert-OH is 2. The maximum absolute atomic E-state index is 13.5. The molecule has 0 aromatic carbocycles. The van der Waals surface area contributed by atoms with E-state index in [1.165, 1.54) is 89.4 Å². The molecule has 13 heterocycles. The van der Waals surface area contributed by atoms with E-state index in [9.17, 15) is 59.8 Å². The molecule has 34 nitrogen and oxygen atoms in total. The Bertz CT molecular complexity index is 5220. The number of carbonyl (C=O) groups excluding carboxylic acids is 4. The Labute approximate surface area is 609 Å². The minimum absolute atomic E-state index is 0.0143. The summed E-state index contributed by atoms with van der Waals surface area (Å²) in [5.41, 5.74) is 7.31. The maximum atomic E-state index is 13.5. The van der Waals surface area contributed by atoms with Crippen LogP contribution in [0.1, 0.15) is 177 Å². The number of alkyl halides is 7. The number of carboxylic acids is 1. The number of aromatic nitrogens is 22. The number of fused-ring (bicyclic) bond motifs is 5. The lowest BCUT2D eigenvalue weighted by Crippen LogP contribution is -2.21. The number of nitrogen functional groups attached to an aromatic ring is 1. The molecule has 2 amide bonds. The molecule has 0 radical (unpaired) electrons. The number of carboxylic acid groups (broad SMARTS) is 1. The van der Waals surface area contributed by atoms with Gasteiger partial charge in [-0.3, -0.25) is 28.0 Å². The van der Waals surface area contributed by atoms with Gasteiger partial charge < -0.3 is 41.3 Å². The average Bonchev–Trinajstić information content (AvgIpc) is 1.68. The summed E-state index contributed by atoms with van der Waals surface area (Å²) in [7, 11) is -1.00. The van der Waals surface area contributed by atoms with Gasteiger partial charge in [0.15, 0.2) is 39.7 Å². The van der Waals surface area contributed by atoms with Crippen molar-refractivity contribution in [3.8, 4) is 0 Å². The molecule has 3 fully saturated rings. The van der Waals surface area contributed by atoms with Crippen LogP contribution in [0.15, 0.2) is 136 Å². The van der Waals surface area contributed by atoms with E-state index in [0.717, 1.165) is 62.5 Å². The molecule has 13 aromatic heterocycles. The number of aldehydes is 1. The Morgan fingerprint density at radius 3 is 1.35 bits per heavy atom. The van der Waals surface area contributed by atoms with E-state index in [-0.39, 0.29) is 88.2 Å². The number of nitrogens with two attached hydrogens (primary N) is 1.